The zero-order valence-electron chi connectivity index (χ0n) is 15.5. The van der Waals surface area contributed by atoms with E-state index in [9.17, 15) is 31.9 Å². The van der Waals surface area contributed by atoms with Gasteiger partial charge in [-0.1, -0.05) is 18.2 Å². The van der Waals surface area contributed by atoms with Crippen LogP contribution in [0.25, 0.3) is 0 Å². The lowest BCUT2D eigenvalue weighted by atomic mass is 10.1. The highest BCUT2D eigenvalue weighted by atomic mass is 19.4. The molecule has 0 spiro atoms. The largest absolute Gasteiger partial charge is 0.405 e. The van der Waals surface area contributed by atoms with Gasteiger partial charge >= 0.3 is 6.18 Å². The van der Waals surface area contributed by atoms with Crippen LogP contribution < -0.4 is 15.5 Å². The van der Waals surface area contributed by atoms with E-state index in [1.807, 2.05) is 0 Å². The van der Waals surface area contributed by atoms with Crippen LogP contribution in [0.1, 0.15) is 16.8 Å². The number of benzene rings is 2. The lowest BCUT2D eigenvalue weighted by Crippen LogP contribution is -2.33. The minimum absolute atomic E-state index is 0.0165. The number of hydrogen-bond donors (Lipinski definition) is 2. The Kier molecular flexibility index (Phi) is 6.04. The van der Waals surface area contributed by atoms with Crippen LogP contribution in [-0.2, 0) is 9.59 Å². The van der Waals surface area contributed by atoms with Crippen molar-refractivity contribution in [1.82, 2.24) is 5.32 Å². The van der Waals surface area contributed by atoms with Gasteiger partial charge in [0.05, 0.1) is 11.6 Å². The van der Waals surface area contributed by atoms with E-state index in [4.69, 9.17) is 0 Å². The molecule has 1 unspecified atom stereocenters. The summed E-state index contributed by atoms with van der Waals surface area (Å²) in [5.74, 6) is -3.19. The normalized spacial score (nSPS) is 16.5. The molecule has 1 fully saturated rings. The Bertz CT molecular complexity index is 978. The maximum Gasteiger partial charge on any atom is 0.405 e. The molecular formula is C20H17F4N3O3. The zero-order chi connectivity index (χ0) is 21.9. The minimum Gasteiger partial charge on any atom is -0.343 e. The highest BCUT2D eigenvalue weighted by Crippen LogP contribution is 2.28. The quantitative estimate of drug-likeness (QED) is 0.726. The summed E-state index contributed by atoms with van der Waals surface area (Å²) in [6, 6.07) is 11.1. The third-order valence-electron chi connectivity index (χ3n) is 4.48. The molecular weight excluding hydrogens is 406 g/mol. The molecule has 0 radical (unpaired) electrons. The number of alkyl halides is 3. The van der Waals surface area contributed by atoms with Crippen molar-refractivity contribution in [3.05, 3.63) is 59.9 Å². The molecule has 1 saturated heterocycles. The molecule has 1 atom stereocenters. The van der Waals surface area contributed by atoms with Crippen molar-refractivity contribution in [3.63, 3.8) is 0 Å². The summed E-state index contributed by atoms with van der Waals surface area (Å²) < 4.78 is 50.7. The standard InChI is InChI=1S/C20H17F4N3O3/c21-15-6-1-2-7-16(15)27-10-13(9-17(27)28)19(30)26-14-5-3-4-12(8-14)18(29)25-11-20(22,23)24/h1-8,13H,9-11H2,(H,25,29)(H,26,30). The fraction of sp³-hybridized carbons (Fsp3) is 0.250. The molecule has 2 aromatic carbocycles. The van der Waals surface area contributed by atoms with Crippen LogP contribution in [-0.4, -0.2) is 37.0 Å². The molecule has 3 rings (SSSR count). The van der Waals surface area contributed by atoms with E-state index < -0.39 is 42.2 Å². The van der Waals surface area contributed by atoms with Crippen molar-refractivity contribution >= 4 is 29.1 Å². The fourth-order valence-electron chi connectivity index (χ4n) is 3.05. The van der Waals surface area contributed by atoms with E-state index in [1.165, 1.54) is 47.4 Å². The van der Waals surface area contributed by atoms with Crippen molar-refractivity contribution in [2.24, 2.45) is 5.92 Å². The molecule has 30 heavy (non-hydrogen) atoms. The van der Waals surface area contributed by atoms with Crippen LogP contribution in [0, 0.1) is 11.7 Å². The second kappa shape index (κ2) is 8.52. The number of hydrogen-bond acceptors (Lipinski definition) is 3. The van der Waals surface area contributed by atoms with Crippen LogP contribution >= 0.6 is 0 Å². The second-order valence-electron chi connectivity index (χ2n) is 6.72. The molecule has 0 aromatic heterocycles. The first kappa shape index (κ1) is 21.3. The van der Waals surface area contributed by atoms with Crippen molar-refractivity contribution in [3.8, 4) is 0 Å². The first-order valence-corrected chi connectivity index (χ1v) is 8.95. The van der Waals surface area contributed by atoms with Gasteiger partial charge in [0.15, 0.2) is 0 Å². The molecule has 0 saturated carbocycles. The van der Waals surface area contributed by atoms with E-state index >= 15 is 0 Å². The zero-order valence-corrected chi connectivity index (χ0v) is 15.5. The highest BCUT2D eigenvalue weighted by molar-refractivity contribution is 6.04. The Balaban J connectivity index is 1.65. The summed E-state index contributed by atoms with van der Waals surface area (Å²) in [6.45, 7) is -1.49. The fourth-order valence-corrected chi connectivity index (χ4v) is 3.05. The van der Waals surface area contributed by atoms with Crippen molar-refractivity contribution < 1.29 is 31.9 Å². The molecule has 0 bridgehead atoms. The van der Waals surface area contributed by atoms with Crippen LogP contribution in [0.5, 0.6) is 0 Å². The Morgan fingerprint density at radius 3 is 2.53 bits per heavy atom. The lowest BCUT2D eigenvalue weighted by Gasteiger charge is -2.17. The van der Waals surface area contributed by atoms with Gasteiger partial charge in [0, 0.05) is 24.2 Å². The SMILES string of the molecule is O=C(NCC(F)(F)F)c1cccc(NC(=O)C2CC(=O)N(c3ccccc3F)C2)c1. The third kappa shape index (κ3) is 5.13. The summed E-state index contributed by atoms with van der Waals surface area (Å²) in [6.07, 6.45) is -4.66. The minimum atomic E-state index is -4.54. The average Bonchev–Trinajstić information content (AvgIpc) is 3.08. The number of halogens is 4. The summed E-state index contributed by atoms with van der Waals surface area (Å²) in [4.78, 5) is 37.8. The van der Waals surface area contributed by atoms with Crippen LogP contribution in [0.2, 0.25) is 0 Å². The predicted molar refractivity (Wildman–Crippen MR) is 100 cm³/mol. The number of anilines is 2. The first-order valence-electron chi connectivity index (χ1n) is 8.95. The Labute approximate surface area is 168 Å². The molecule has 0 aliphatic carbocycles. The first-order chi connectivity index (χ1) is 14.1. The van der Waals surface area contributed by atoms with E-state index in [2.05, 4.69) is 5.32 Å². The third-order valence-corrected chi connectivity index (χ3v) is 4.48. The Hall–Kier alpha value is -3.43. The molecule has 6 nitrogen and oxygen atoms in total. The number of nitrogens with zero attached hydrogens (tertiary/aromatic N) is 1. The number of carbonyl (C=O) groups is 3. The van der Waals surface area contributed by atoms with Gasteiger partial charge in [-0.25, -0.2) is 4.39 Å². The van der Waals surface area contributed by atoms with Gasteiger partial charge in [0.1, 0.15) is 12.4 Å². The van der Waals surface area contributed by atoms with E-state index in [0.29, 0.717) is 0 Å². The molecule has 2 aromatic rings. The van der Waals surface area contributed by atoms with Gasteiger partial charge in [-0.05, 0) is 30.3 Å². The van der Waals surface area contributed by atoms with Gasteiger partial charge < -0.3 is 15.5 Å². The van der Waals surface area contributed by atoms with Crippen molar-refractivity contribution in [1.29, 1.82) is 0 Å². The van der Waals surface area contributed by atoms with E-state index in [-0.39, 0.29) is 29.9 Å². The van der Waals surface area contributed by atoms with Crippen molar-refractivity contribution in [2.75, 3.05) is 23.3 Å². The summed E-state index contributed by atoms with van der Waals surface area (Å²) in [5.41, 5.74) is 0.213. The van der Waals surface area contributed by atoms with Crippen molar-refractivity contribution in [2.45, 2.75) is 12.6 Å². The van der Waals surface area contributed by atoms with Gasteiger partial charge in [-0.2, -0.15) is 13.2 Å². The molecule has 3 amide bonds. The highest BCUT2D eigenvalue weighted by Gasteiger charge is 2.36. The van der Waals surface area contributed by atoms with Gasteiger partial charge in [0.25, 0.3) is 5.91 Å². The van der Waals surface area contributed by atoms with Gasteiger partial charge in [0.2, 0.25) is 11.8 Å². The molecule has 1 heterocycles. The summed E-state index contributed by atoms with van der Waals surface area (Å²) in [7, 11) is 0. The van der Waals surface area contributed by atoms with E-state index in [1.54, 1.807) is 11.4 Å². The number of amides is 3. The van der Waals surface area contributed by atoms with Gasteiger partial charge in [-0.3, -0.25) is 14.4 Å². The maximum atomic E-state index is 13.9. The summed E-state index contributed by atoms with van der Waals surface area (Å²) in [5, 5.41) is 4.29. The average molecular weight is 423 g/mol. The molecule has 1 aliphatic heterocycles. The van der Waals surface area contributed by atoms with E-state index in [0.717, 1.165) is 0 Å². The van der Waals surface area contributed by atoms with Crippen LogP contribution in [0.4, 0.5) is 28.9 Å². The molecule has 2 N–H and O–H groups in total. The number of nitrogens with one attached hydrogen (secondary N) is 2. The second-order valence-corrected chi connectivity index (χ2v) is 6.72. The number of carbonyl (C=O) groups excluding carboxylic acids is 3. The number of rotatable bonds is 5. The van der Waals surface area contributed by atoms with Gasteiger partial charge in [-0.15, -0.1) is 0 Å². The molecule has 158 valence electrons. The molecule has 10 heteroatoms. The number of para-hydroxylation sites is 1. The lowest BCUT2D eigenvalue weighted by molar-refractivity contribution is -0.123. The smallest absolute Gasteiger partial charge is 0.343 e. The Morgan fingerprint density at radius 2 is 1.83 bits per heavy atom. The Morgan fingerprint density at radius 1 is 1.10 bits per heavy atom. The topological polar surface area (TPSA) is 78.5 Å². The van der Waals surface area contributed by atoms with Crippen LogP contribution in [0.3, 0.4) is 0 Å². The maximum absolute atomic E-state index is 13.9. The monoisotopic (exact) mass is 423 g/mol. The summed E-state index contributed by atoms with van der Waals surface area (Å²) >= 11 is 0. The van der Waals surface area contributed by atoms with Crippen LogP contribution in [0.15, 0.2) is 48.5 Å². The predicted octanol–water partition coefficient (Wildman–Crippen LogP) is 3.11. The molecule has 1 aliphatic rings.